The first-order chi connectivity index (χ1) is 13.2. The summed E-state index contributed by atoms with van der Waals surface area (Å²) in [5.41, 5.74) is 1.99. The maximum atomic E-state index is 5.95. The maximum absolute atomic E-state index is 5.95. The Morgan fingerprint density at radius 3 is 2.19 bits per heavy atom. The van der Waals surface area contributed by atoms with Crippen LogP contribution in [0.2, 0.25) is 0 Å². The minimum Gasteiger partial charge on any atom is -0.497 e. The van der Waals surface area contributed by atoms with Gasteiger partial charge in [-0.05, 0) is 48.2 Å². The number of ether oxygens (including phenoxy) is 5. The Balaban J connectivity index is 1.76. The number of benzene rings is 2. The van der Waals surface area contributed by atoms with Gasteiger partial charge in [-0.15, -0.1) is 0 Å². The number of methoxy groups -OCH3 is 3. The van der Waals surface area contributed by atoms with Crippen LogP contribution in [-0.4, -0.2) is 34.2 Å². The molecule has 0 bridgehead atoms. The molecule has 1 aliphatic rings. The van der Waals surface area contributed by atoms with Crippen LogP contribution in [0.4, 0.5) is 0 Å². The summed E-state index contributed by atoms with van der Waals surface area (Å²) in [6.07, 6.45) is 6.94. The van der Waals surface area contributed by atoms with E-state index in [0.29, 0.717) is 11.5 Å². The Morgan fingerprint density at radius 2 is 1.56 bits per heavy atom. The molecule has 0 saturated carbocycles. The molecule has 2 aromatic rings. The van der Waals surface area contributed by atoms with Crippen LogP contribution in [0.1, 0.15) is 30.4 Å². The molecule has 0 aliphatic carbocycles. The van der Waals surface area contributed by atoms with Crippen molar-refractivity contribution in [2.24, 2.45) is 0 Å². The molecule has 144 valence electrons. The Labute approximate surface area is 160 Å². The smallest absolute Gasteiger partial charge is 0.200 e. The second kappa shape index (κ2) is 9.33. The van der Waals surface area contributed by atoms with Crippen LogP contribution in [-0.2, 0) is 4.74 Å². The summed E-state index contributed by atoms with van der Waals surface area (Å²) >= 11 is 0. The third-order valence-electron chi connectivity index (χ3n) is 4.43. The average Bonchev–Trinajstić information content (AvgIpc) is 2.73. The molecule has 0 aromatic heterocycles. The molecule has 1 saturated heterocycles. The van der Waals surface area contributed by atoms with Crippen molar-refractivity contribution in [3.05, 3.63) is 47.5 Å². The van der Waals surface area contributed by atoms with Gasteiger partial charge in [0.1, 0.15) is 11.5 Å². The SMILES string of the molecule is COc1cc(/C=C/c2ccc(OC3CCCCO3)c(OC)c2)cc(OC)c1. The van der Waals surface area contributed by atoms with Crippen LogP contribution in [0.15, 0.2) is 36.4 Å². The van der Waals surface area contributed by atoms with Crippen molar-refractivity contribution in [3.63, 3.8) is 0 Å². The van der Waals surface area contributed by atoms with E-state index in [9.17, 15) is 0 Å². The Morgan fingerprint density at radius 1 is 0.815 bits per heavy atom. The third kappa shape index (κ3) is 5.17. The van der Waals surface area contributed by atoms with Gasteiger partial charge in [0, 0.05) is 12.5 Å². The second-order valence-corrected chi connectivity index (χ2v) is 6.30. The van der Waals surface area contributed by atoms with Crippen LogP contribution < -0.4 is 18.9 Å². The summed E-state index contributed by atoms with van der Waals surface area (Å²) in [6.45, 7) is 0.748. The average molecular weight is 370 g/mol. The lowest BCUT2D eigenvalue weighted by Gasteiger charge is -2.24. The summed E-state index contributed by atoms with van der Waals surface area (Å²) in [4.78, 5) is 0. The van der Waals surface area contributed by atoms with Gasteiger partial charge in [0.2, 0.25) is 0 Å². The lowest BCUT2D eigenvalue weighted by atomic mass is 10.1. The predicted octanol–water partition coefficient (Wildman–Crippen LogP) is 4.79. The highest BCUT2D eigenvalue weighted by molar-refractivity contribution is 5.72. The normalized spacial score (nSPS) is 16.9. The van der Waals surface area contributed by atoms with Crippen molar-refractivity contribution in [1.82, 2.24) is 0 Å². The standard InChI is InChI=1S/C22H26O5/c1-23-18-12-17(13-19(15-18)24-2)8-7-16-9-10-20(21(14-16)25-3)27-22-6-4-5-11-26-22/h7-10,12-15,22H,4-6,11H2,1-3H3/b8-7+. The van der Waals surface area contributed by atoms with E-state index in [1.807, 2.05) is 48.6 Å². The Bertz CT molecular complexity index is 756. The maximum Gasteiger partial charge on any atom is 0.200 e. The van der Waals surface area contributed by atoms with Crippen LogP contribution in [0.5, 0.6) is 23.0 Å². The highest BCUT2D eigenvalue weighted by atomic mass is 16.7. The van der Waals surface area contributed by atoms with Crippen molar-refractivity contribution >= 4 is 12.2 Å². The monoisotopic (exact) mass is 370 g/mol. The van der Waals surface area contributed by atoms with E-state index >= 15 is 0 Å². The van der Waals surface area contributed by atoms with E-state index in [4.69, 9.17) is 23.7 Å². The van der Waals surface area contributed by atoms with Crippen molar-refractivity contribution in [2.45, 2.75) is 25.6 Å². The van der Waals surface area contributed by atoms with E-state index in [0.717, 1.165) is 48.5 Å². The molecular formula is C22H26O5. The molecule has 27 heavy (non-hydrogen) atoms. The minimum absolute atomic E-state index is 0.196. The van der Waals surface area contributed by atoms with Gasteiger partial charge in [-0.1, -0.05) is 18.2 Å². The Kier molecular flexibility index (Phi) is 6.60. The van der Waals surface area contributed by atoms with Crippen LogP contribution >= 0.6 is 0 Å². The van der Waals surface area contributed by atoms with Gasteiger partial charge >= 0.3 is 0 Å². The minimum atomic E-state index is -0.196. The van der Waals surface area contributed by atoms with E-state index in [1.54, 1.807) is 21.3 Å². The molecule has 1 atom stereocenters. The molecule has 5 heteroatoms. The van der Waals surface area contributed by atoms with E-state index in [-0.39, 0.29) is 6.29 Å². The number of rotatable bonds is 7. The van der Waals surface area contributed by atoms with Crippen LogP contribution in [0.25, 0.3) is 12.2 Å². The number of hydrogen-bond acceptors (Lipinski definition) is 5. The second-order valence-electron chi connectivity index (χ2n) is 6.30. The first-order valence-electron chi connectivity index (χ1n) is 9.09. The summed E-state index contributed by atoms with van der Waals surface area (Å²) in [6, 6.07) is 11.6. The van der Waals surface area contributed by atoms with Gasteiger partial charge in [0.15, 0.2) is 17.8 Å². The molecule has 0 N–H and O–H groups in total. The summed E-state index contributed by atoms with van der Waals surface area (Å²) in [7, 11) is 4.92. The van der Waals surface area contributed by atoms with Gasteiger partial charge < -0.3 is 23.7 Å². The molecule has 0 amide bonds. The van der Waals surface area contributed by atoms with Crippen molar-refractivity contribution in [1.29, 1.82) is 0 Å². The molecule has 1 fully saturated rings. The van der Waals surface area contributed by atoms with E-state index in [1.165, 1.54) is 0 Å². The quantitative estimate of drug-likeness (QED) is 0.656. The predicted molar refractivity (Wildman–Crippen MR) is 106 cm³/mol. The Hall–Kier alpha value is -2.66. The number of hydrogen-bond donors (Lipinski definition) is 0. The molecule has 1 aliphatic heterocycles. The first kappa shape index (κ1) is 19.1. The highest BCUT2D eigenvalue weighted by Crippen LogP contribution is 2.31. The van der Waals surface area contributed by atoms with Gasteiger partial charge in [-0.25, -0.2) is 0 Å². The van der Waals surface area contributed by atoms with Gasteiger partial charge in [0.05, 0.1) is 27.9 Å². The highest BCUT2D eigenvalue weighted by Gasteiger charge is 2.17. The van der Waals surface area contributed by atoms with Gasteiger partial charge in [-0.3, -0.25) is 0 Å². The van der Waals surface area contributed by atoms with Crippen molar-refractivity contribution in [2.75, 3.05) is 27.9 Å². The van der Waals surface area contributed by atoms with Crippen molar-refractivity contribution < 1.29 is 23.7 Å². The summed E-state index contributed by atoms with van der Waals surface area (Å²) in [5, 5.41) is 0. The van der Waals surface area contributed by atoms with Crippen LogP contribution in [0.3, 0.4) is 0 Å². The largest absolute Gasteiger partial charge is 0.497 e. The molecule has 0 radical (unpaired) electrons. The van der Waals surface area contributed by atoms with Crippen molar-refractivity contribution in [3.8, 4) is 23.0 Å². The fraction of sp³-hybridized carbons (Fsp3) is 0.364. The molecule has 3 rings (SSSR count). The fourth-order valence-electron chi connectivity index (χ4n) is 2.95. The lowest BCUT2D eigenvalue weighted by Crippen LogP contribution is -2.25. The van der Waals surface area contributed by atoms with Gasteiger partial charge in [-0.2, -0.15) is 0 Å². The first-order valence-corrected chi connectivity index (χ1v) is 9.09. The fourth-order valence-corrected chi connectivity index (χ4v) is 2.95. The lowest BCUT2D eigenvalue weighted by molar-refractivity contribution is -0.106. The van der Waals surface area contributed by atoms with E-state index in [2.05, 4.69) is 0 Å². The molecule has 2 aromatic carbocycles. The zero-order chi connectivity index (χ0) is 19.1. The molecular weight excluding hydrogens is 344 g/mol. The molecule has 0 spiro atoms. The zero-order valence-corrected chi connectivity index (χ0v) is 16.1. The third-order valence-corrected chi connectivity index (χ3v) is 4.43. The topological polar surface area (TPSA) is 46.2 Å². The molecule has 5 nitrogen and oxygen atoms in total. The molecule has 1 heterocycles. The van der Waals surface area contributed by atoms with Crippen LogP contribution in [0, 0.1) is 0 Å². The summed E-state index contributed by atoms with van der Waals surface area (Å²) in [5.74, 6) is 2.89. The van der Waals surface area contributed by atoms with Gasteiger partial charge in [0.25, 0.3) is 0 Å². The van der Waals surface area contributed by atoms with E-state index < -0.39 is 0 Å². The summed E-state index contributed by atoms with van der Waals surface area (Å²) < 4.78 is 27.7. The molecule has 1 unspecified atom stereocenters. The zero-order valence-electron chi connectivity index (χ0n) is 16.1.